The summed E-state index contributed by atoms with van der Waals surface area (Å²) in [5.41, 5.74) is 0. The lowest BCUT2D eigenvalue weighted by molar-refractivity contribution is 0.0626. The van der Waals surface area contributed by atoms with Crippen molar-refractivity contribution in [2.24, 2.45) is 0 Å². The quantitative estimate of drug-likeness (QED) is 0.552. The summed E-state index contributed by atoms with van der Waals surface area (Å²) in [6.07, 6.45) is 6.69. The van der Waals surface area contributed by atoms with Crippen molar-refractivity contribution in [1.29, 1.82) is 0 Å². The van der Waals surface area contributed by atoms with E-state index < -0.39 is 8.32 Å². The minimum absolute atomic E-state index is 0.276. The van der Waals surface area contributed by atoms with Crippen molar-refractivity contribution < 1.29 is 9.16 Å². The van der Waals surface area contributed by atoms with Gasteiger partial charge in [-0.2, -0.15) is 0 Å². The number of rotatable bonds is 4. The highest BCUT2D eigenvalue weighted by atomic mass is 28.4. The van der Waals surface area contributed by atoms with E-state index in [0.29, 0.717) is 5.04 Å². The molecule has 0 amide bonds. The van der Waals surface area contributed by atoms with Gasteiger partial charge in [0.25, 0.3) is 0 Å². The minimum atomic E-state index is -1.57. The Morgan fingerprint density at radius 1 is 1.38 bits per heavy atom. The number of ether oxygens (including phenoxy) is 1. The number of hydrogen-bond donors (Lipinski definition) is 0. The maximum absolute atomic E-state index is 6.12. The Kier molecular flexibility index (Phi) is 4.77. The van der Waals surface area contributed by atoms with Crippen molar-refractivity contribution in [1.82, 2.24) is 0 Å². The highest BCUT2D eigenvalue weighted by Crippen LogP contribution is 2.36. The zero-order valence-corrected chi connectivity index (χ0v) is 12.4. The molecule has 94 valence electrons. The lowest BCUT2D eigenvalue weighted by atomic mass is 10.2. The molecular formula is C13H26O2Si. The topological polar surface area (TPSA) is 18.5 Å². The smallest absolute Gasteiger partial charge is 0.191 e. The van der Waals surface area contributed by atoms with E-state index in [1.165, 1.54) is 0 Å². The molecule has 0 fully saturated rings. The molecule has 0 spiro atoms. The fourth-order valence-corrected chi connectivity index (χ4v) is 2.48. The molecule has 0 aromatic carbocycles. The largest absolute Gasteiger partial charge is 0.417 e. The summed E-state index contributed by atoms with van der Waals surface area (Å²) >= 11 is 0. The standard InChI is InChI=1S/C13H26O2Si/c1-13(2,3)16(4,5)15-11-9-12-8-6-7-10-14-12/h6,8,12H,7,9-11H2,1-5H3. The van der Waals surface area contributed by atoms with Crippen molar-refractivity contribution in [2.75, 3.05) is 13.2 Å². The molecule has 3 heteroatoms. The van der Waals surface area contributed by atoms with Crippen molar-refractivity contribution in [3.8, 4) is 0 Å². The third kappa shape index (κ3) is 4.04. The van der Waals surface area contributed by atoms with E-state index in [4.69, 9.17) is 9.16 Å². The molecule has 1 unspecified atom stereocenters. The predicted octanol–water partition coefficient (Wildman–Crippen LogP) is 3.74. The summed E-state index contributed by atoms with van der Waals surface area (Å²) in [6, 6.07) is 0. The van der Waals surface area contributed by atoms with Crippen molar-refractivity contribution in [2.45, 2.75) is 57.8 Å². The van der Waals surface area contributed by atoms with E-state index in [-0.39, 0.29) is 6.10 Å². The zero-order valence-electron chi connectivity index (χ0n) is 11.4. The Hall–Kier alpha value is -0.123. The van der Waals surface area contributed by atoms with E-state index in [1.54, 1.807) is 0 Å². The highest BCUT2D eigenvalue weighted by Gasteiger charge is 2.36. The molecule has 16 heavy (non-hydrogen) atoms. The monoisotopic (exact) mass is 242 g/mol. The summed E-state index contributed by atoms with van der Waals surface area (Å²) in [4.78, 5) is 0. The molecule has 0 aliphatic carbocycles. The minimum Gasteiger partial charge on any atom is -0.417 e. The van der Waals surface area contributed by atoms with Gasteiger partial charge in [0.2, 0.25) is 0 Å². The average molecular weight is 242 g/mol. The first-order valence-corrected chi connectivity index (χ1v) is 9.16. The van der Waals surface area contributed by atoms with Crippen LogP contribution < -0.4 is 0 Å². The van der Waals surface area contributed by atoms with Crippen molar-refractivity contribution >= 4 is 8.32 Å². The van der Waals surface area contributed by atoms with Crippen LogP contribution in [0.2, 0.25) is 18.1 Å². The Morgan fingerprint density at radius 3 is 2.56 bits per heavy atom. The van der Waals surface area contributed by atoms with E-state index in [1.807, 2.05) is 0 Å². The summed E-state index contributed by atoms with van der Waals surface area (Å²) in [7, 11) is -1.57. The van der Waals surface area contributed by atoms with Crippen LogP contribution in [0.3, 0.4) is 0 Å². The molecular weight excluding hydrogens is 216 g/mol. The van der Waals surface area contributed by atoms with E-state index in [9.17, 15) is 0 Å². The van der Waals surface area contributed by atoms with Crippen LogP contribution >= 0.6 is 0 Å². The van der Waals surface area contributed by atoms with Crippen LogP contribution in [0.4, 0.5) is 0 Å². The second kappa shape index (κ2) is 5.47. The second-order valence-electron chi connectivity index (χ2n) is 6.02. The number of hydrogen-bond acceptors (Lipinski definition) is 2. The Morgan fingerprint density at radius 2 is 2.06 bits per heavy atom. The van der Waals surface area contributed by atoms with Gasteiger partial charge >= 0.3 is 0 Å². The average Bonchev–Trinajstić information content (AvgIpc) is 2.17. The van der Waals surface area contributed by atoms with Gasteiger partial charge in [0.1, 0.15) is 0 Å². The van der Waals surface area contributed by atoms with Gasteiger partial charge < -0.3 is 9.16 Å². The summed E-state index contributed by atoms with van der Waals surface area (Å²) < 4.78 is 11.7. The fourth-order valence-electron chi connectivity index (χ4n) is 1.42. The molecule has 1 atom stereocenters. The van der Waals surface area contributed by atoms with Gasteiger partial charge in [0.15, 0.2) is 8.32 Å². The first-order chi connectivity index (χ1) is 7.33. The lowest BCUT2D eigenvalue weighted by Gasteiger charge is -2.36. The van der Waals surface area contributed by atoms with Crippen LogP contribution in [0.15, 0.2) is 12.2 Å². The van der Waals surface area contributed by atoms with E-state index >= 15 is 0 Å². The normalized spacial score (nSPS) is 22.4. The SMILES string of the molecule is CC(C)(C)[Si](C)(C)OCCC1C=CCCO1. The Labute approximate surface area is 101 Å². The van der Waals surface area contributed by atoms with Crippen LogP contribution in [-0.4, -0.2) is 27.6 Å². The third-order valence-electron chi connectivity index (χ3n) is 3.64. The molecule has 1 aliphatic heterocycles. The van der Waals surface area contributed by atoms with Crippen LogP contribution in [0.5, 0.6) is 0 Å². The van der Waals surface area contributed by atoms with Crippen LogP contribution in [0, 0.1) is 0 Å². The third-order valence-corrected chi connectivity index (χ3v) is 8.18. The predicted molar refractivity (Wildman–Crippen MR) is 71.3 cm³/mol. The first kappa shape index (κ1) is 13.9. The molecule has 2 nitrogen and oxygen atoms in total. The molecule has 0 aromatic heterocycles. The second-order valence-corrected chi connectivity index (χ2v) is 10.8. The molecule has 0 saturated heterocycles. The highest BCUT2D eigenvalue weighted by molar-refractivity contribution is 6.74. The van der Waals surface area contributed by atoms with Gasteiger partial charge in [-0.25, -0.2) is 0 Å². The van der Waals surface area contributed by atoms with E-state index in [2.05, 4.69) is 46.0 Å². The zero-order chi connectivity index (χ0) is 12.2. The van der Waals surface area contributed by atoms with Crippen LogP contribution in [-0.2, 0) is 9.16 Å². The fraction of sp³-hybridized carbons (Fsp3) is 0.846. The Bertz CT molecular complexity index is 241. The van der Waals surface area contributed by atoms with Crippen LogP contribution in [0.1, 0.15) is 33.6 Å². The maximum atomic E-state index is 6.12. The van der Waals surface area contributed by atoms with Crippen LogP contribution in [0.25, 0.3) is 0 Å². The molecule has 1 heterocycles. The van der Waals surface area contributed by atoms with Gasteiger partial charge in [-0.05, 0) is 31.0 Å². The van der Waals surface area contributed by atoms with Crippen molar-refractivity contribution in [3.05, 3.63) is 12.2 Å². The van der Waals surface area contributed by atoms with Gasteiger partial charge in [-0.15, -0.1) is 0 Å². The van der Waals surface area contributed by atoms with Gasteiger partial charge in [-0.1, -0.05) is 32.9 Å². The molecule has 0 radical (unpaired) electrons. The maximum Gasteiger partial charge on any atom is 0.191 e. The summed E-state index contributed by atoms with van der Waals surface area (Å²) in [5.74, 6) is 0. The molecule has 0 bridgehead atoms. The van der Waals surface area contributed by atoms with Gasteiger partial charge in [-0.3, -0.25) is 0 Å². The molecule has 1 aliphatic rings. The molecule has 1 rings (SSSR count). The molecule has 0 aromatic rings. The summed E-state index contributed by atoms with van der Waals surface area (Å²) in [5, 5.41) is 0.302. The lowest BCUT2D eigenvalue weighted by Crippen LogP contribution is -2.41. The van der Waals surface area contributed by atoms with E-state index in [0.717, 1.165) is 26.1 Å². The molecule has 0 N–H and O–H groups in total. The summed E-state index contributed by atoms with van der Waals surface area (Å²) in [6.45, 7) is 13.1. The Balaban J connectivity index is 2.29. The first-order valence-electron chi connectivity index (χ1n) is 6.25. The van der Waals surface area contributed by atoms with Gasteiger partial charge in [0.05, 0.1) is 12.7 Å². The van der Waals surface area contributed by atoms with Gasteiger partial charge in [0, 0.05) is 6.61 Å². The van der Waals surface area contributed by atoms with Crippen molar-refractivity contribution in [3.63, 3.8) is 0 Å². The molecule has 0 saturated carbocycles.